The Hall–Kier alpha value is -4.99. The van der Waals surface area contributed by atoms with Crippen LogP contribution in [0.3, 0.4) is 0 Å². The maximum Gasteiger partial charge on any atom is 0.416 e. The van der Waals surface area contributed by atoms with Crippen molar-refractivity contribution in [1.82, 2.24) is 9.97 Å². The van der Waals surface area contributed by atoms with Gasteiger partial charge in [-0.1, -0.05) is 24.3 Å². The molecule has 1 aromatic heterocycles. The standard InChI is InChI=1S/C23H7F3N6/c24-23(25,26)15-4-1-12(2-5-15)13-3-6-16-17(7-13)21-22(20(16)14(8-27)9-28)32-19(11-30)18(10-29)31-21/h1-7H. The van der Waals surface area contributed by atoms with Crippen molar-refractivity contribution < 1.29 is 13.2 Å². The third-order valence-electron chi connectivity index (χ3n) is 4.91. The van der Waals surface area contributed by atoms with Gasteiger partial charge < -0.3 is 0 Å². The molecule has 6 nitrogen and oxygen atoms in total. The van der Waals surface area contributed by atoms with E-state index >= 15 is 0 Å². The van der Waals surface area contributed by atoms with Gasteiger partial charge in [0.15, 0.2) is 11.4 Å². The van der Waals surface area contributed by atoms with Crippen LogP contribution in [0.5, 0.6) is 0 Å². The van der Waals surface area contributed by atoms with Crippen LogP contribution >= 0.6 is 0 Å². The van der Waals surface area contributed by atoms with E-state index in [0.717, 1.165) is 12.1 Å². The van der Waals surface area contributed by atoms with E-state index in [1.807, 2.05) is 0 Å². The summed E-state index contributed by atoms with van der Waals surface area (Å²) in [6.07, 6.45) is -4.46. The van der Waals surface area contributed by atoms with Crippen LogP contribution in [0.2, 0.25) is 0 Å². The zero-order chi connectivity index (χ0) is 23.0. The highest BCUT2D eigenvalue weighted by molar-refractivity contribution is 6.02. The second-order valence-electron chi connectivity index (χ2n) is 6.65. The SMILES string of the molecule is N#CC(C#N)=C1c2ccc(-c3ccc(C(F)(F)F)cc3)cc2-c2nc(C#N)c(C#N)nc21. The lowest BCUT2D eigenvalue weighted by atomic mass is 9.96. The number of aromatic nitrogens is 2. The largest absolute Gasteiger partial charge is 0.416 e. The predicted molar refractivity (Wildman–Crippen MR) is 105 cm³/mol. The van der Waals surface area contributed by atoms with Crippen molar-refractivity contribution in [2.24, 2.45) is 0 Å². The molecule has 1 heterocycles. The minimum atomic E-state index is -4.46. The van der Waals surface area contributed by atoms with Crippen LogP contribution in [-0.2, 0) is 6.18 Å². The molecule has 9 heteroatoms. The predicted octanol–water partition coefficient (Wildman–Crippen LogP) is 4.74. The minimum absolute atomic E-state index is 0.123. The van der Waals surface area contributed by atoms with Crippen molar-refractivity contribution in [2.45, 2.75) is 6.18 Å². The average molecular weight is 424 g/mol. The number of alkyl halides is 3. The smallest absolute Gasteiger partial charge is 0.232 e. The van der Waals surface area contributed by atoms with Gasteiger partial charge in [-0.3, -0.25) is 0 Å². The van der Waals surface area contributed by atoms with Crippen molar-refractivity contribution >= 4 is 5.57 Å². The zero-order valence-corrected chi connectivity index (χ0v) is 15.9. The van der Waals surface area contributed by atoms with E-state index in [2.05, 4.69) is 9.97 Å². The fraction of sp³-hybridized carbons (Fsp3) is 0.0435. The van der Waals surface area contributed by atoms with Gasteiger partial charge in [-0.15, -0.1) is 0 Å². The number of halogens is 3. The number of fused-ring (bicyclic) bond motifs is 3. The number of nitrogens with zero attached hydrogens (tertiary/aromatic N) is 6. The molecule has 0 N–H and O–H groups in total. The van der Waals surface area contributed by atoms with E-state index in [-0.39, 0.29) is 33.9 Å². The second kappa shape index (κ2) is 7.36. The van der Waals surface area contributed by atoms with Gasteiger partial charge in [-0.25, -0.2) is 9.97 Å². The van der Waals surface area contributed by atoms with E-state index in [0.29, 0.717) is 22.3 Å². The van der Waals surface area contributed by atoms with Crippen LogP contribution in [0.1, 0.15) is 28.2 Å². The lowest BCUT2D eigenvalue weighted by Crippen LogP contribution is -2.03. The summed E-state index contributed by atoms with van der Waals surface area (Å²) in [6.45, 7) is 0. The molecule has 4 rings (SSSR count). The fourth-order valence-corrected chi connectivity index (χ4v) is 3.46. The van der Waals surface area contributed by atoms with E-state index in [1.165, 1.54) is 12.1 Å². The maximum atomic E-state index is 12.9. The lowest BCUT2D eigenvalue weighted by Gasteiger charge is -2.09. The summed E-state index contributed by atoms with van der Waals surface area (Å²) < 4.78 is 38.6. The van der Waals surface area contributed by atoms with Gasteiger partial charge in [0, 0.05) is 11.1 Å². The molecule has 0 saturated heterocycles. The molecule has 2 aromatic carbocycles. The average Bonchev–Trinajstić information content (AvgIpc) is 3.11. The Balaban J connectivity index is 1.96. The highest BCUT2D eigenvalue weighted by atomic mass is 19.4. The van der Waals surface area contributed by atoms with E-state index in [9.17, 15) is 34.2 Å². The summed E-state index contributed by atoms with van der Waals surface area (Å²) in [5, 5.41) is 37.4. The summed E-state index contributed by atoms with van der Waals surface area (Å²) >= 11 is 0. The van der Waals surface area contributed by atoms with Crippen LogP contribution in [0.15, 0.2) is 48.0 Å². The highest BCUT2D eigenvalue weighted by Crippen LogP contribution is 2.45. The fourth-order valence-electron chi connectivity index (χ4n) is 3.46. The second-order valence-corrected chi connectivity index (χ2v) is 6.65. The first-order chi connectivity index (χ1) is 15.3. The van der Waals surface area contributed by atoms with E-state index in [1.54, 1.807) is 42.5 Å². The zero-order valence-electron chi connectivity index (χ0n) is 15.9. The molecule has 0 aliphatic heterocycles. The minimum Gasteiger partial charge on any atom is -0.232 e. The number of hydrogen-bond donors (Lipinski definition) is 0. The number of nitriles is 4. The van der Waals surface area contributed by atoms with Crippen molar-refractivity contribution in [2.75, 3.05) is 0 Å². The summed E-state index contributed by atoms with van der Waals surface area (Å²) in [4.78, 5) is 8.38. The molecular formula is C23H7F3N6. The van der Waals surface area contributed by atoms with Crippen LogP contribution < -0.4 is 0 Å². The van der Waals surface area contributed by atoms with Crippen LogP contribution in [0.25, 0.3) is 28.0 Å². The van der Waals surface area contributed by atoms with Crippen LogP contribution in [0.4, 0.5) is 13.2 Å². The monoisotopic (exact) mass is 424 g/mol. The van der Waals surface area contributed by atoms with Gasteiger partial charge in [0.05, 0.1) is 11.3 Å². The van der Waals surface area contributed by atoms with Crippen molar-refractivity contribution in [3.05, 3.63) is 76.2 Å². The Labute approximate surface area is 179 Å². The molecule has 32 heavy (non-hydrogen) atoms. The third-order valence-corrected chi connectivity index (χ3v) is 4.91. The highest BCUT2D eigenvalue weighted by Gasteiger charge is 2.32. The van der Waals surface area contributed by atoms with Crippen molar-refractivity contribution in [3.8, 4) is 46.7 Å². The molecule has 0 saturated carbocycles. The van der Waals surface area contributed by atoms with Crippen LogP contribution in [-0.4, -0.2) is 9.97 Å². The molecule has 0 unspecified atom stereocenters. The number of hydrogen-bond acceptors (Lipinski definition) is 6. The molecule has 3 aromatic rings. The van der Waals surface area contributed by atoms with E-state index in [4.69, 9.17) is 0 Å². The summed E-state index contributed by atoms with van der Waals surface area (Å²) in [5.74, 6) is 0. The number of benzene rings is 2. The Morgan fingerprint density at radius 3 is 1.81 bits per heavy atom. The number of rotatable bonds is 1. The van der Waals surface area contributed by atoms with Gasteiger partial charge in [-0.05, 0) is 34.9 Å². The quantitative estimate of drug-likeness (QED) is 0.407. The Morgan fingerprint density at radius 1 is 0.719 bits per heavy atom. The topological polar surface area (TPSA) is 121 Å². The Morgan fingerprint density at radius 2 is 1.28 bits per heavy atom. The van der Waals surface area contributed by atoms with Crippen LogP contribution in [0, 0.1) is 45.3 Å². The Bertz CT molecular complexity index is 1470. The van der Waals surface area contributed by atoms with Gasteiger partial charge in [-0.2, -0.15) is 34.2 Å². The molecule has 0 fully saturated rings. The van der Waals surface area contributed by atoms with Gasteiger partial charge in [0.2, 0.25) is 0 Å². The maximum absolute atomic E-state index is 12.9. The summed E-state index contributed by atoms with van der Waals surface area (Å²) in [7, 11) is 0. The molecular weight excluding hydrogens is 417 g/mol. The molecule has 0 spiro atoms. The molecule has 1 aliphatic rings. The first-order valence-corrected chi connectivity index (χ1v) is 8.92. The molecule has 0 bridgehead atoms. The molecule has 150 valence electrons. The molecule has 0 atom stereocenters. The van der Waals surface area contributed by atoms with E-state index < -0.39 is 11.7 Å². The normalized spacial score (nSPS) is 11.4. The lowest BCUT2D eigenvalue weighted by molar-refractivity contribution is -0.137. The summed E-state index contributed by atoms with van der Waals surface area (Å²) in [6, 6.07) is 16.7. The van der Waals surface area contributed by atoms with Gasteiger partial charge in [0.1, 0.15) is 35.5 Å². The van der Waals surface area contributed by atoms with Gasteiger partial charge >= 0.3 is 6.18 Å². The first kappa shape index (κ1) is 20.3. The molecule has 0 amide bonds. The van der Waals surface area contributed by atoms with Crippen molar-refractivity contribution in [1.29, 1.82) is 21.0 Å². The van der Waals surface area contributed by atoms with Gasteiger partial charge in [0.25, 0.3) is 0 Å². The summed E-state index contributed by atoms with van der Waals surface area (Å²) in [5.41, 5.74) is 1.01. The third kappa shape index (κ3) is 3.12. The molecule has 0 radical (unpaired) electrons. The molecule has 1 aliphatic carbocycles. The number of allylic oxidation sites excluding steroid dienone is 1. The first-order valence-electron chi connectivity index (χ1n) is 8.92. The Kier molecular flexibility index (Phi) is 4.67. The van der Waals surface area contributed by atoms with Crippen molar-refractivity contribution in [3.63, 3.8) is 0 Å².